The Morgan fingerprint density at radius 2 is 0.857 bits per heavy atom. The topological polar surface area (TPSA) is 105 Å². The van der Waals surface area contributed by atoms with Gasteiger partial charge in [0.2, 0.25) is 5.91 Å². The second-order valence-electron chi connectivity index (χ2n) is 20.3. The molecule has 3 unspecified atom stereocenters. The van der Waals surface area contributed by atoms with Gasteiger partial charge in [0.1, 0.15) is 13.2 Å². The van der Waals surface area contributed by atoms with Crippen molar-refractivity contribution in [2.24, 2.45) is 0 Å². The summed E-state index contributed by atoms with van der Waals surface area (Å²) in [6.07, 6.45) is 73.1. The van der Waals surface area contributed by atoms with Gasteiger partial charge in [-0.1, -0.05) is 246 Å². The first-order valence-electron chi connectivity index (χ1n) is 28.6. The number of carbonyl (C=O) groups is 1. The number of hydrogen-bond donors (Lipinski definition) is 3. The van der Waals surface area contributed by atoms with Gasteiger partial charge >= 0.3 is 7.82 Å². The second kappa shape index (κ2) is 51.3. The van der Waals surface area contributed by atoms with Crippen molar-refractivity contribution in [1.29, 1.82) is 0 Å². The van der Waals surface area contributed by atoms with Crippen LogP contribution >= 0.6 is 7.82 Å². The highest BCUT2D eigenvalue weighted by Crippen LogP contribution is 2.43. The van der Waals surface area contributed by atoms with E-state index in [1.54, 1.807) is 0 Å². The molecule has 0 aliphatic carbocycles. The number of unbranched alkanes of at least 4 members (excludes halogenated alkanes) is 22. The molecule has 0 heterocycles. The van der Waals surface area contributed by atoms with E-state index < -0.39 is 20.0 Å². The number of aliphatic hydroxyl groups excluding tert-OH is 1. The van der Waals surface area contributed by atoms with Gasteiger partial charge in [-0.05, 0) is 77.0 Å². The number of phosphoric ester groups is 1. The lowest BCUT2D eigenvalue weighted by Crippen LogP contribution is -2.46. The van der Waals surface area contributed by atoms with Crippen molar-refractivity contribution in [3.63, 3.8) is 0 Å². The fraction of sp³-hybridized carbons (Fsp3) is 0.721. The van der Waals surface area contributed by atoms with Crippen molar-refractivity contribution >= 4 is 13.7 Å². The SMILES string of the molecule is CC/C=C\C/C=C\C/C=C\C/C=C\C/C=C\C/C=C\C/C=C\C/C=C\CCCCCCC(=O)NC(COP(=O)(O)OCC[N+](C)(C)C)C(O)CCCCCCCCCCCCCCCCCCCCC. The summed E-state index contributed by atoms with van der Waals surface area (Å²) < 4.78 is 23.8. The molecule has 0 aliphatic heterocycles. The lowest BCUT2D eigenvalue weighted by atomic mass is 10.0. The fourth-order valence-corrected chi connectivity index (χ4v) is 8.62. The van der Waals surface area contributed by atoms with Gasteiger partial charge in [-0.25, -0.2) is 4.57 Å². The third-order valence-electron chi connectivity index (χ3n) is 12.3. The molecule has 1 amide bonds. The van der Waals surface area contributed by atoms with Gasteiger partial charge in [0.25, 0.3) is 0 Å². The van der Waals surface area contributed by atoms with E-state index in [0.717, 1.165) is 103 Å². The van der Waals surface area contributed by atoms with Gasteiger partial charge in [-0.15, -0.1) is 0 Å². The number of quaternary nitrogens is 1. The third-order valence-corrected chi connectivity index (χ3v) is 13.3. The first-order chi connectivity index (χ1) is 34.0. The lowest BCUT2D eigenvalue weighted by Gasteiger charge is -2.26. The Bertz CT molecular complexity index is 1460. The smallest absolute Gasteiger partial charge is 0.391 e. The van der Waals surface area contributed by atoms with Crippen molar-refractivity contribution in [3.05, 3.63) is 97.2 Å². The number of carbonyl (C=O) groups excluding carboxylic acids is 1. The second-order valence-corrected chi connectivity index (χ2v) is 21.7. The lowest BCUT2D eigenvalue weighted by molar-refractivity contribution is -0.870. The van der Waals surface area contributed by atoms with Crippen LogP contribution in [0.3, 0.4) is 0 Å². The number of hydrogen-bond acceptors (Lipinski definition) is 5. The van der Waals surface area contributed by atoms with Gasteiger partial charge in [0.15, 0.2) is 0 Å². The van der Waals surface area contributed by atoms with E-state index in [1.165, 1.54) is 103 Å². The Balaban J connectivity index is 4.28. The van der Waals surface area contributed by atoms with Gasteiger partial charge in [0.05, 0.1) is 39.9 Å². The van der Waals surface area contributed by atoms with E-state index in [1.807, 2.05) is 21.1 Å². The van der Waals surface area contributed by atoms with E-state index in [2.05, 4.69) is 116 Å². The van der Waals surface area contributed by atoms with Gasteiger partial charge in [-0.2, -0.15) is 0 Å². The minimum Gasteiger partial charge on any atom is -0.391 e. The molecular weight excluding hydrogens is 888 g/mol. The maximum atomic E-state index is 13.0. The molecule has 0 aromatic heterocycles. The maximum Gasteiger partial charge on any atom is 0.472 e. The van der Waals surface area contributed by atoms with Crippen LogP contribution in [-0.2, 0) is 18.4 Å². The molecule has 3 N–H and O–H groups in total. The molecule has 0 saturated heterocycles. The van der Waals surface area contributed by atoms with E-state index in [9.17, 15) is 19.4 Å². The highest BCUT2D eigenvalue weighted by molar-refractivity contribution is 7.47. The Labute approximate surface area is 432 Å². The van der Waals surface area contributed by atoms with Gasteiger partial charge in [0, 0.05) is 6.42 Å². The van der Waals surface area contributed by atoms with Crippen LogP contribution in [0.5, 0.6) is 0 Å². The van der Waals surface area contributed by atoms with Crippen molar-refractivity contribution in [2.45, 2.75) is 244 Å². The summed E-state index contributed by atoms with van der Waals surface area (Å²) in [5, 5.41) is 14.0. The van der Waals surface area contributed by atoms with E-state index in [-0.39, 0.29) is 19.1 Å². The molecule has 404 valence electrons. The number of nitrogens with zero attached hydrogens (tertiary/aromatic N) is 1. The van der Waals surface area contributed by atoms with Crippen molar-refractivity contribution in [1.82, 2.24) is 5.32 Å². The predicted octanol–water partition coefficient (Wildman–Crippen LogP) is 17.4. The number of likely N-dealkylation sites (N-methyl/N-ethyl adjacent to an activating group) is 1. The zero-order valence-corrected chi connectivity index (χ0v) is 46.9. The molecule has 8 nitrogen and oxygen atoms in total. The molecule has 0 fully saturated rings. The van der Waals surface area contributed by atoms with Gasteiger partial charge in [-0.3, -0.25) is 13.8 Å². The molecule has 0 saturated carbocycles. The Kier molecular flexibility index (Phi) is 49.4. The monoisotopic (exact) mass is 998 g/mol. The minimum atomic E-state index is -4.34. The average Bonchev–Trinajstić information content (AvgIpc) is 3.32. The standard InChI is InChI=1S/C61H109N2O6P/c1-6-8-10-12-14-16-18-20-22-24-26-27-28-29-30-31-32-33-34-35-37-39-41-43-45-47-49-51-53-55-61(65)62-59(58-69-70(66,67)68-57-56-63(3,4)5)60(64)54-52-50-48-46-44-42-40-38-36-25-23-21-19-17-15-13-11-9-7-2/h8,10,14,16,20,22,26-27,29-30,32-33,35,37,41,43,59-60,64H,6-7,9,11-13,15,17-19,21,23-25,28,31,34,36,38-40,42,44-58H2,1-5H3,(H-,62,65,66,67)/p+1/b10-8-,16-14-,22-20-,27-26-,30-29-,33-32-,37-35-,43-41-. The third kappa shape index (κ3) is 53.2. The number of allylic oxidation sites excluding steroid dienone is 16. The summed E-state index contributed by atoms with van der Waals surface area (Å²) >= 11 is 0. The van der Waals surface area contributed by atoms with Crippen LogP contribution in [0.2, 0.25) is 0 Å². The zero-order valence-electron chi connectivity index (χ0n) is 46.0. The van der Waals surface area contributed by atoms with Gasteiger partial charge < -0.3 is 19.8 Å². The van der Waals surface area contributed by atoms with E-state index in [4.69, 9.17) is 9.05 Å². The Morgan fingerprint density at radius 1 is 0.500 bits per heavy atom. The van der Waals surface area contributed by atoms with Crippen LogP contribution in [0.15, 0.2) is 97.2 Å². The molecule has 0 rings (SSSR count). The average molecular weight is 999 g/mol. The number of nitrogens with one attached hydrogen (secondary N) is 1. The fourth-order valence-electron chi connectivity index (χ4n) is 7.89. The number of amides is 1. The van der Waals surface area contributed by atoms with Crippen LogP contribution in [0, 0.1) is 0 Å². The molecule has 3 atom stereocenters. The highest BCUT2D eigenvalue weighted by Gasteiger charge is 2.28. The van der Waals surface area contributed by atoms with E-state index >= 15 is 0 Å². The Morgan fingerprint density at radius 3 is 1.26 bits per heavy atom. The molecular formula is C61H110N2O6P+. The molecule has 0 aromatic rings. The van der Waals surface area contributed by atoms with E-state index in [0.29, 0.717) is 23.9 Å². The van der Waals surface area contributed by atoms with Crippen molar-refractivity contribution < 1.29 is 32.9 Å². The first kappa shape index (κ1) is 67.4. The van der Waals surface area contributed by atoms with Crippen LogP contribution in [-0.4, -0.2) is 73.4 Å². The molecule has 0 radical (unpaired) electrons. The molecule has 0 bridgehead atoms. The molecule has 0 aromatic carbocycles. The van der Waals surface area contributed by atoms with Crippen LogP contribution in [0.1, 0.15) is 232 Å². The summed E-state index contributed by atoms with van der Waals surface area (Å²) in [6.45, 7) is 4.76. The molecule has 9 heteroatoms. The summed E-state index contributed by atoms with van der Waals surface area (Å²) in [7, 11) is 1.59. The summed E-state index contributed by atoms with van der Waals surface area (Å²) in [6, 6.07) is -0.782. The van der Waals surface area contributed by atoms with Crippen LogP contribution in [0.25, 0.3) is 0 Å². The van der Waals surface area contributed by atoms with Crippen LogP contribution in [0.4, 0.5) is 0 Å². The minimum absolute atomic E-state index is 0.0643. The largest absolute Gasteiger partial charge is 0.472 e. The number of aliphatic hydroxyl groups is 1. The number of rotatable bonds is 51. The predicted molar refractivity (Wildman–Crippen MR) is 304 cm³/mol. The molecule has 70 heavy (non-hydrogen) atoms. The molecule has 0 spiro atoms. The Hall–Kier alpha value is -2.58. The quantitative estimate of drug-likeness (QED) is 0.0243. The van der Waals surface area contributed by atoms with Crippen LogP contribution < -0.4 is 5.32 Å². The summed E-state index contributed by atoms with van der Waals surface area (Å²) in [4.78, 5) is 23.3. The highest BCUT2D eigenvalue weighted by atomic mass is 31.2. The summed E-state index contributed by atoms with van der Waals surface area (Å²) in [5.41, 5.74) is 0. The zero-order chi connectivity index (χ0) is 51.3. The normalized spacial score (nSPS) is 14.7. The first-order valence-corrected chi connectivity index (χ1v) is 30.1. The molecule has 0 aliphatic rings. The van der Waals surface area contributed by atoms with Crippen molar-refractivity contribution in [2.75, 3.05) is 40.9 Å². The maximum absolute atomic E-state index is 13.0. The number of phosphoric acid groups is 1. The summed E-state index contributed by atoms with van der Waals surface area (Å²) in [5.74, 6) is -0.171. The van der Waals surface area contributed by atoms with Crippen molar-refractivity contribution in [3.8, 4) is 0 Å².